The van der Waals surface area contributed by atoms with Crippen LogP contribution in [-0.2, 0) is 15.6 Å². The Morgan fingerprint density at radius 2 is 1.90 bits per heavy atom. The van der Waals surface area contributed by atoms with Crippen molar-refractivity contribution in [2.45, 2.75) is 18.3 Å². The van der Waals surface area contributed by atoms with E-state index in [9.17, 15) is 22.7 Å². The van der Waals surface area contributed by atoms with Gasteiger partial charge in [-0.1, -0.05) is 24.3 Å². The van der Waals surface area contributed by atoms with E-state index in [0.717, 1.165) is 4.31 Å². The van der Waals surface area contributed by atoms with Crippen molar-refractivity contribution in [3.8, 4) is 11.5 Å². The lowest BCUT2D eigenvalue weighted by Crippen LogP contribution is -2.51. The molecule has 0 radical (unpaired) electrons. The van der Waals surface area contributed by atoms with Gasteiger partial charge in [0.05, 0.1) is 7.11 Å². The number of benzene rings is 2. The predicted molar refractivity (Wildman–Crippen MR) is 109 cm³/mol. The summed E-state index contributed by atoms with van der Waals surface area (Å²) in [6.45, 7) is 0.245. The Bertz CT molecular complexity index is 1040. The van der Waals surface area contributed by atoms with Gasteiger partial charge in [-0.25, -0.2) is 9.53 Å². The standard InChI is InChI=1S/C20H24FN3O5S/c1-29-17-8-4-7-16(25)18(17)19(26)23-13-20(14-5-2-3-6-15(14)21)9-11-24(12-10-20)30(22,27)28/h2-8,25H,9-13H2,1H3,(H,23,26)(H2,22,27,28). The number of carbonyl (C=O) groups excluding carboxylic acids is 1. The minimum atomic E-state index is -3.85. The SMILES string of the molecule is COc1cccc(O)c1C(=O)NCC1(c2ccccc2F)CCN(S(N)(=O)=O)CC1. The van der Waals surface area contributed by atoms with Crippen molar-refractivity contribution in [1.82, 2.24) is 9.62 Å². The smallest absolute Gasteiger partial charge is 0.276 e. The maximum atomic E-state index is 14.7. The summed E-state index contributed by atoms with van der Waals surface area (Å²) in [5, 5.41) is 18.1. The van der Waals surface area contributed by atoms with Gasteiger partial charge in [0.25, 0.3) is 16.1 Å². The van der Waals surface area contributed by atoms with E-state index in [2.05, 4.69) is 5.32 Å². The maximum absolute atomic E-state index is 14.7. The average molecular weight is 437 g/mol. The Kier molecular flexibility index (Phi) is 6.30. The molecule has 1 aliphatic heterocycles. The number of hydrogen-bond acceptors (Lipinski definition) is 5. The number of hydrogen-bond donors (Lipinski definition) is 3. The first-order chi connectivity index (χ1) is 14.2. The van der Waals surface area contributed by atoms with Crippen LogP contribution in [0.1, 0.15) is 28.8 Å². The molecule has 0 unspecified atom stereocenters. The van der Waals surface area contributed by atoms with Crippen molar-refractivity contribution in [3.05, 3.63) is 59.4 Å². The van der Waals surface area contributed by atoms with Crippen molar-refractivity contribution in [2.24, 2.45) is 5.14 Å². The molecular formula is C20H24FN3O5S. The predicted octanol–water partition coefficient (Wildman–Crippen LogP) is 1.51. The van der Waals surface area contributed by atoms with E-state index in [1.165, 1.54) is 19.2 Å². The minimum Gasteiger partial charge on any atom is -0.507 e. The number of carbonyl (C=O) groups is 1. The molecule has 1 fully saturated rings. The highest BCUT2D eigenvalue weighted by Crippen LogP contribution is 2.37. The number of nitrogens with zero attached hydrogens (tertiary/aromatic N) is 1. The quantitative estimate of drug-likeness (QED) is 0.632. The second-order valence-corrected chi connectivity index (χ2v) is 8.79. The molecule has 2 aromatic carbocycles. The lowest BCUT2D eigenvalue weighted by Gasteiger charge is -2.41. The summed E-state index contributed by atoms with van der Waals surface area (Å²) < 4.78 is 44.3. The molecule has 1 heterocycles. The van der Waals surface area contributed by atoms with Gasteiger partial charge in [-0.3, -0.25) is 4.79 Å². The van der Waals surface area contributed by atoms with E-state index in [-0.39, 0.29) is 49.5 Å². The van der Waals surface area contributed by atoms with Crippen molar-refractivity contribution in [3.63, 3.8) is 0 Å². The molecule has 10 heteroatoms. The minimum absolute atomic E-state index is 0.0225. The molecular weight excluding hydrogens is 413 g/mol. The van der Waals surface area contributed by atoms with Crippen LogP contribution in [0, 0.1) is 5.82 Å². The molecule has 1 saturated heterocycles. The number of piperidine rings is 1. The Morgan fingerprint density at radius 3 is 2.50 bits per heavy atom. The monoisotopic (exact) mass is 437 g/mol. The number of ether oxygens (including phenoxy) is 1. The summed E-state index contributed by atoms with van der Waals surface area (Å²) in [6, 6.07) is 10.7. The van der Waals surface area contributed by atoms with Gasteiger partial charge in [-0.05, 0) is 36.6 Å². The number of amides is 1. The lowest BCUT2D eigenvalue weighted by molar-refractivity contribution is 0.0926. The van der Waals surface area contributed by atoms with Gasteiger partial charge in [-0.15, -0.1) is 0 Å². The highest BCUT2D eigenvalue weighted by Gasteiger charge is 2.40. The molecule has 1 aliphatic rings. The first kappa shape index (κ1) is 22.0. The zero-order valence-corrected chi connectivity index (χ0v) is 17.3. The largest absolute Gasteiger partial charge is 0.507 e. The molecule has 30 heavy (non-hydrogen) atoms. The third-order valence-corrected chi connectivity index (χ3v) is 6.61. The van der Waals surface area contributed by atoms with Gasteiger partial charge >= 0.3 is 0 Å². The van der Waals surface area contributed by atoms with E-state index in [4.69, 9.17) is 9.88 Å². The molecule has 1 amide bonds. The van der Waals surface area contributed by atoms with Crippen molar-refractivity contribution in [1.29, 1.82) is 0 Å². The number of rotatable bonds is 6. The van der Waals surface area contributed by atoms with Crippen LogP contribution in [-0.4, -0.2) is 50.5 Å². The molecule has 8 nitrogen and oxygen atoms in total. The Labute approximate surface area is 174 Å². The highest BCUT2D eigenvalue weighted by atomic mass is 32.2. The summed E-state index contributed by atoms with van der Waals surface area (Å²) in [6.07, 6.45) is 0.533. The lowest BCUT2D eigenvalue weighted by atomic mass is 9.72. The van der Waals surface area contributed by atoms with Crippen molar-refractivity contribution in [2.75, 3.05) is 26.7 Å². The highest BCUT2D eigenvalue weighted by molar-refractivity contribution is 7.86. The van der Waals surface area contributed by atoms with Crippen LogP contribution < -0.4 is 15.2 Å². The van der Waals surface area contributed by atoms with E-state index in [1.54, 1.807) is 30.3 Å². The summed E-state index contributed by atoms with van der Waals surface area (Å²) >= 11 is 0. The summed E-state index contributed by atoms with van der Waals surface area (Å²) in [7, 11) is -2.47. The second kappa shape index (κ2) is 8.58. The number of phenols is 1. The fourth-order valence-corrected chi connectivity index (χ4v) is 4.55. The third kappa shape index (κ3) is 4.40. The average Bonchev–Trinajstić information content (AvgIpc) is 2.71. The first-order valence-corrected chi connectivity index (χ1v) is 10.9. The summed E-state index contributed by atoms with van der Waals surface area (Å²) in [5.74, 6) is -1.04. The molecule has 162 valence electrons. The van der Waals surface area contributed by atoms with Gasteiger partial charge in [-0.2, -0.15) is 12.7 Å². The van der Waals surface area contributed by atoms with Crippen LogP contribution in [0.3, 0.4) is 0 Å². The number of nitrogens with one attached hydrogen (secondary N) is 1. The molecule has 0 saturated carbocycles. The van der Waals surface area contributed by atoms with E-state index < -0.39 is 27.3 Å². The fourth-order valence-electron chi connectivity index (χ4n) is 3.86. The van der Waals surface area contributed by atoms with Gasteiger partial charge in [0.2, 0.25) is 0 Å². The summed E-state index contributed by atoms with van der Waals surface area (Å²) in [5.41, 5.74) is -0.464. The van der Waals surface area contributed by atoms with Crippen LogP contribution in [0.2, 0.25) is 0 Å². The van der Waals surface area contributed by atoms with E-state index >= 15 is 0 Å². The van der Waals surface area contributed by atoms with Crippen LogP contribution in [0.15, 0.2) is 42.5 Å². The molecule has 4 N–H and O–H groups in total. The van der Waals surface area contributed by atoms with E-state index in [1.807, 2.05) is 0 Å². The Hall–Kier alpha value is -2.69. The third-order valence-electron chi connectivity index (χ3n) is 5.52. The van der Waals surface area contributed by atoms with Gasteiger partial charge < -0.3 is 15.2 Å². The summed E-state index contributed by atoms with van der Waals surface area (Å²) in [4.78, 5) is 12.8. The normalized spacial score (nSPS) is 16.8. The van der Waals surface area contributed by atoms with Crippen LogP contribution in [0.25, 0.3) is 0 Å². The number of halogens is 1. The van der Waals surface area contributed by atoms with Gasteiger partial charge in [0.15, 0.2) is 0 Å². The van der Waals surface area contributed by atoms with Crippen molar-refractivity contribution >= 4 is 16.1 Å². The topological polar surface area (TPSA) is 122 Å². The molecule has 0 aliphatic carbocycles. The Morgan fingerprint density at radius 1 is 1.23 bits per heavy atom. The van der Waals surface area contributed by atoms with E-state index in [0.29, 0.717) is 5.56 Å². The molecule has 0 atom stereocenters. The second-order valence-electron chi connectivity index (χ2n) is 7.24. The maximum Gasteiger partial charge on any atom is 0.276 e. The van der Waals surface area contributed by atoms with Gasteiger partial charge in [0.1, 0.15) is 22.9 Å². The number of nitrogens with two attached hydrogens (primary N) is 1. The number of phenolic OH excluding ortho intramolecular Hbond substituents is 1. The molecule has 0 aromatic heterocycles. The zero-order valence-electron chi connectivity index (χ0n) is 16.5. The van der Waals surface area contributed by atoms with Crippen LogP contribution in [0.4, 0.5) is 4.39 Å². The zero-order chi connectivity index (χ0) is 21.9. The molecule has 0 spiro atoms. The van der Waals surface area contributed by atoms with Crippen LogP contribution in [0.5, 0.6) is 11.5 Å². The number of aromatic hydroxyl groups is 1. The Balaban J connectivity index is 1.88. The van der Waals surface area contributed by atoms with Crippen molar-refractivity contribution < 1.29 is 27.4 Å². The van der Waals surface area contributed by atoms with Gasteiger partial charge in [0, 0.05) is 25.0 Å². The number of methoxy groups -OCH3 is 1. The molecule has 3 rings (SSSR count). The fraction of sp³-hybridized carbons (Fsp3) is 0.350. The molecule has 0 bridgehead atoms. The molecule has 2 aromatic rings. The van der Waals surface area contributed by atoms with Crippen LogP contribution >= 0.6 is 0 Å². The first-order valence-electron chi connectivity index (χ1n) is 9.35.